The van der Waals surface area contributed by atoms with Gasteiger partial charge in [-0.3, -0.25) is 4.79 Å². The molecule has 1 aliphatic rings. The molecule has 0 aliphatic carbocycles. The Kier molecular flexibility index (Phi) is 18.7. The van der Waals surface area contributed by atoms with E-state index in [2.05, 4.69) is 68.5 Å². The molecule has 12 nitrogen and oxygen atoms in total. The van der Waals surface area contributed by atoms with Gasteiger partial charge in [-0.25, -0.2) is 11.2 Å². The molecule has 1 amide bonds. The quantitative estimate of drug-likeness (QED) is 0.0439. The van der Waals surface area contributed by atoms with E-state index in [1.165, 1.54) is 6.92 Å². The van der Waals surface area contributed by atoms with Gasteiger partial charge in [-0.15, -0.1) is 0 Å². The fourth-order valence-corrected chi connectivity index (χ4v) is 8.93. The third kappa shape index (κ3) is 12.2. The summed E-state index contributed by atoms with van der Waals surface area (Å²) in [5.74, 6) is 1.19. The van der Waals surface area contributed by atoms with Crippen LogP contribution >= 0.6 is 8.53 Å². The standard InChI is InChI=1S/C44H62N3O9P/c1-11-40-33(6)42(51-28-30-55-57(54-26-25-45-8)47(31(2)3)32(4)5)41(46-34(7)48)43(56-40)52-27-29-53-44(35-15-13-12-14-16-35,36-17-21-38(49-9)22-18-36)37-19-23-39(50-10)24-20-37/h12-24,31-33,40-43H,11,25-30H2,1-7,9-10H3,(H,46,48). The summed E-state index contributed by atoms with van der Waals surface area (Å²) in [5.41, 5.74) is 1.74. The van der Waals surface area contributed by atoms with Crippen molar-refractivity contribution in [3.05, 3.63) is 107 Å². The lowest BCUT2D eigenvalue weighted by molar-refractivity contribution is -0.260. The molecule has 1 fully saturated rings. The Bertz CT molecular complexity index is 1600. The molecule has 0 radical (unpaired) electrons. The molecule has 312 valence electrons. The molecule has 6 atom stereocenters. The molecule has 1 saturated heterocycles. The first-order valence-corrected chi connectivity index (χ1v) is 20.9. The number of amides is 1. The fraction of sp³-hybridized carbons (Fsp3) is 0.545. The van der Waals surface area contributed by atoms with Gasteiger partial charge in [0.25, 0.3) is 8.53 Å². The van der Waals surface area contributed by atoms with Gasteiger partial charge in [0, 0.05) is 24.9 Å². The summed E-state index contributed by atoms with van der Waals surface area (Å²) in [6.07, 6.45) is -0.681. The van der Waals surface area contributed by atoms with Crippen molar-refractivity contribution in [3.63, 3.8) is 0 Å². The fourth-order valence-electron chi connectivity index (χ4n) is 7.37. The van der Waals surface area contributed by atoms with Crippen molar-refractivity contribution in [2.24, 2.45) is 5.92 Å². The SMILES string of the molecule is [C-]#[N+]CCOP(OCCOC1C(C)C(CC)OC(OCCOC(c2ccccc2)(c2ccc(OC)cc2)c2ccc(OC)cc2)C1NC(C)=O)N(C(C)C)C(C)C. The zero-order valence-electron chi connectivity index (χ0n) is 35.0. The summed E-state index contributed by atoms with van der Waals surface area (Å²) >= 11 is 0. The average Bonchev–Trinajstić information content (AvgIpc) is 3.21. The van der Waals surface area contributed by atoms with Gasteiger partial charge in [-0.2, -0.15) is 0 Å². The Morgan fingerprint density at radius 3 is 1.88 bits per heavy atom. The van der Waals surface area contributed by atoms with Crippen molar-refractivity contribution in [2.45, 2.75) is 97.1 Å². The van der Waals surface area contributed by atoms with E-state index in [1.54, 1.807) is 14.2 Å². The summed E-state index contributed by atoms with van der Waals surface area (Å²) in [5, 5.41) is 3.07. The van der Waals surface area contributed by atoms with Gasteiger partial charge in [-0.1, -0.05) is 68.4 Å². The van der Waals surface area contributed by atoms with Crippen LogP contribution in [0.3, 0.4) is 0 Å². The molecule has 1 aliphatic heterocycles. The van der Waals surface area contributed by atoms with Gasteiger partial charge in [0.2, 0.25) is 12.5 Å². The van der Waals surface area contributed by atoms with Crippen LogP contribution in [-0.4, -0.2) is 101 Å². The van der Waals surface area contributed by atoms with Crippen LogP contribution in [0, 0.1) is 12.5 Å². The number of methoxy groups -OCH3 is 2. The molecule has 0 bridgehead atoms. The van der Waals surface area contributed by atoms with E-state index in [0.717, 1.165) is 34.6 Å². The van der Waals surface area contributed by atoms with E-state index in [-0.39, 0.29) is 63.0 Å². The van der Waals surface area contributed by atoms with Crippen molar-refractivity contribution >= 4 is 14.4 Å². The largest absolute Gasteiger partial charge is 0.497 e. The van der Waals surface area contributed by atoms with E-state index in [0.29, 0.717) is 6.61 Å². The van der Waals surface area contributed by atoms with E-state index in [4.69, 9.17) is 44.0 Å². The molecule has 1 N–H and O–H groups in total. The van der Waals surface area contributed by atoms with Gasteiger partial charge in [0.15, 0.2) is 6.29 Å². The summed E-state index contributed by atoms with van der Waals surface area (Å²) in [6.45, 7) is 22.6. The van der Waals surface area contributed by atoms with Crippen molar-refractivity contribution < 1.29 is 42.3 Å². The minimum absolute atomic E-state index is 0.0573. The Morgan fingerprint density at radius 2 is 1.37 bits per heavy atom. The van der Waals surface area contributed by atoms with Crippen LogP contribution < -0.4 is 14.8 Å². The van der Waals surface area contributed by atoms with Crippen molar-refractivity contribution in [1.29, 1.82) is 0 Å². The summed E-state index contributed by atoms with van der Waals surface area (Å²) in [7, 11) is 1.88. The lowest BCUT2D eigenvalue weighted by Crippen LogP contribution is -2.62. The second-order valence-corrected chi connectivity index (χ2v) is 15.9. The van der Waals surface area contributed by atoms with Gasteiger partial charge in [0.05, 0.1) is 52.9 Å². The van der Waals surface area contributed by atoms with Crippen LogP contribution in [0.15, 0.2) is 78.9 Å². The first kappa shape index (κ1) is 46.1. The predicted molar refractivity (Wildman–Crippen MR) is 222 cm³/mol. The summed E-state index contributed by atoms with van der Waals surface area (Å²) in [6, 6.07) is 25.6. The van der Waals surface area contributed by atoms with Crippen molar-refractivity contribution in [1.82, 2.24) is 9.99 Å². The summed E-state index contributed by atoms with van der Waals surface area (Å²) in [4.78, 5) is 16.1. The highest BCUT2D eigenvalue weighted by molar-refractivity contribution is 7.44. The monoisotopic (exact) mass is 807 g/mol. The maximum atomic E-state index is 12.6. The number of hydrogen-bond acceptors (Lipinski definition) is 10. The van der Waals surface area contributed by atoms with Gasteiger partial charge in [-0.05, 0) is 75.1 Å². The average molecular weight is 808 g/mol. The maximum Gasteiger partial charge on any atom is 0.259 e. The van der Waals surface area contributed by atoms with Crippen LogP contribution in [0.5, 0.6) is 11.5 Å². The first-order valence-electron chi connectivity index (χ1n) is 19.8. The van der Waals surface area contributed by atoms with Crippen LogP contribution in [0.2, 0.25) is 0 Å². The highest BCUT2D eigenvalue weighted by Crippen LogP contribution is 2.46. The number of hydrogen-bond donors (Lipinski definition) is 1. The van der Waals surface area contributed by atoms with Crippen LogP contribution in [-0.2, 0) is 38.4 Å². The lowest BCUT2D eigenvalue weighted by atomic mass is 9.80. The molecule has 3 aromatic rings. The van der Waals surface area contributed by atoms with E-state index in [9.17, 15) is 4.79 Å². The van der Waals surface area contributed by atoms with Crippen LogP contribution in [0.4, 0.5) is 0 Å². The normalized spacial score (nSPS) is 20.4. The number of ether oxygens (including phenoxy) is 6. The molecule has 3 aromatic carbocycles. The van der Waals surface area contributed by atoms with Gasteiger partial charge >= 0.3 is 0 Å². The highest BCUT2D eigenvalue weighted by atomic mass is 31.2. The number of nitrogens with zero attached hydrogens (tertiary/aromatic N) is 2. The summed E-state index contributed by atoms with van der Waals surface area (Å²) < 4.78 is 52.1. The molecular weight excluding hydrogens is 745 g/mol. The molecule has 13 heteroatoms. The minimum Gasteiger partial charge on any atom is -0.497 e. The molecule has 57 heavy (non-hydrogen) atoms. The Labute approximate surface area is 341 Å². The number of carbonyl (C=O) groups excluding carboxylic acids is 1. The number of carbonyl (C=O) groups is 1. The third-order valence-electron chi connectivity index (χ3n) is 9.94. The van der Waals surface area contributed by atoms with Crippen molar-refractivity contribution in [3.8, 4) is 11.5 Å². The zero-order valence-corrected chi connectivity index (χ0v) is 35.9. The second kappa shape index (κ2) is 23.1. The number of benzene rings is 3. The second-order valence-electron chi connectivity index (χ2n) is 14.4. The van der Waals surface area contributed by atoms with Crippen LogP contribution in [0.1, 0.15) is 71.6 Å². The molecule has 0 spiro atoms. The van der Waals surface area contributed by atoms with Crippen LogP contribution in [0.25, 0.3) is 4.85 Å². The Hall–Kier alpha value is -3.63. The topological polar surface area (TPSA) is 111 Å². The molecule has 4 rings (SSSR count). The molecule has 0 saturated carbocycles. The first-order chi connectivity index (χ1) is 27.5. The molecule has 0 aromatic heterocycles. The predicted octanol–water partition coefficient (Wildman–Crippen LogP) is 7.99. The van der Waals surface area contributed by atoms with Gasteiger partial charge in [0.1, 0.15) is 29.7 Å². The van der Waals surface area contributed by atoms with Crippen molar-refractivity contribution in [2.75, 3.05) is 53.8 Å². The Balaban J connectivity index is 1.55. The van der Waals surface area contributed by atoms with E-state index in [1.807, 2.05) is 66.7 Å². The molecule has 6 unspecified atom stereocenters. The zero-order chi connectivity index (χ0) is 41.4. The highest BCUT2D eigenvalue weighted by Gasteiger charge is 2.45. The van der Waals surface area contributed by atoms with E-state index < -0.39 is 32.6 Å². The molecule has 1 heterocycles. The third-order valence-corrected chi connectivity index (χ3v) is 12.0. The smallest absolute Gasteiger partial charge is 0.259 e. The minimum atomic E-state index is -1.41. The number of rotatable bonds is 23. The Morgan fingerprint density at radius 1 is 0.825 bits per heavy atom. The lowest BCUT2D eigenvalue weighted by Gasteiger charge is -2.45. The van der Waals surface area contributed by atoms with E-state index >= 15 is 0 Å². The molecular formula is C44H62N3O9P. The number of nitrogens with one attached hydrogen (secondary N) is 1. The van der Waals surface area contributed by atoms with Gasteiger partial charge < -0.3 is 47.6 Å². The maximum absolute atomic E-state index is 12.6.